The van der Waals surface area contributed by atoms with Crippen LogP contribution >= 0.6 is 34.2 Å². The van der Waals surface area contributed by atoms with Crippen LogP contribution in [-0.2, 0) is 11.2 Å². The van der Waals surface area contributed by atoms with E-state index in [1.54, 1.807) is 42.5 Å². The van der Waals surface area contributed by atoms with E-state index in [-0.39, 0.29) is 17.9 Å². The van der Waals surface area contributed by atoms with Crippen molar-refractivity contribution < 1.29 is 14.7 Å². The highest BCUT2D eigenvalue weighted by molar-refractivity contribution is 14.1. The van der Waals surface area contributed by atoms with Crippen LogP contribution in [0, 0.1) is 3.57 Å². The molecular weight excluding hydrogens is 431 g/mol. The Bertz CT molecular complexity index is 834. The number of carbonyl (C=O) groups excluding carboxylic acids is 2. The molecule has 3 amide bonds. The number of rotatable bonds is 3. The fourth-order valence-electron chi connectivity index (χ4n) is 2.22. The van der Waals surface area contributed by atoms with Gasteiger partial charge >= 0.3 is 6.03 Å². The van der Waals surface area contributed by atoms with Gasteiger partial charge in [-0.25, -0.2) is 9.69 Å². The molecule has 3 rings (SSSR count). The minimum atomic E-state index is -0.610. The van der Waals surface area contributed by atoms with Crippen molar-refractivity contribution in [2.45, 2.75) is 6.42 Å². The summed E-state index contributed by atoms with van der Waals surface area (Å²) >= 11 is 7.81. The number of imide groups is 1. The van der Waals surface area contributed by atoms with E-state index in [0.717, 1.165) is 10.5 Å². The number of urea groups is 1. The van der Waals surface area contributed by atoms with Gasteiger partial charge < -0.3 is 5.11 Å². The van der Waals surface area contributed by atoms with Crippen molar-refractivity contribution in [3.8, 4) is 5.75 Å². The number of nitrogens with zero attached hydrogens (tertiary/aromatic N) is 2. The van der Waals surface area contributed by atoms with E-state index in [1.807, 2.05) is 22.6 Å². The molecule has 0 spiro atoms. The predicted octanol–water partition coefficient (Wildman–Crippen LogP) is 3.80. The Balaban J connectivity index is 1.83. The molecule has 0 fully saturated rings. The Morgan fingerprint density at radius 3 is 2.48 bits per heavy atom. The van der Waals surface area contributed by atoms with Gasteiger partial charge in [0.25, 0.3) is 5.91 Å². The average Bonchev–Trinajstić information content (AvgIpc) is 2.79. The molecule has 0 aromatic heterocycles. The molecule has 0 saturated carbocycles. The summed E-state index contributed by atoms with van der Waals surface area (Å²) in [7, 11) is 0. The fraction of sp³-hybridized carbons (Fsp3) is 0.0625. The number of aromatic hydroxyl groups is 1. The van der Waals surface area contributed by atoms with Crippen LogP contribution in [-0.4, -0.2) is 22.8 Å². The summed E-state index contributed by atoms with van der Waals surface area (Å²) in [5, 5.41) is 10.1. The van der Waals surface area contributed by atoms with Crippen molar-refractivity contribution in [2.24, 2.45) is 4.99 Å². The van der Waals surface area contributed by atoms with Gasteiger partial charge in [0.1, 0.15) is 11.5 Å². The number of anilines is 1. The maximum Gasteiger partial charge on any atom is 0.355 e. The fourth-order valence-corrected chi connectivity index (χ4v) is 2.92. The van der Waals surface area contributed by atoms with Crippen LogP contribution in [0.1, 0.15) is 5.56 Å². The third-order valence-corrected chi connectivity index (χ3v) is 4.46. The first kappa shape index (κ1) is 15.9. The van der Waals surface area contributed by atoms with Crippen LogP contribution in [0.2, 0.25) is 5.02 Å². The number of amides is 3. The van der Waals surface area contributed by atoms with Gasteiger partial charge in [-0.3, -0.25) is 4.79 Å². The predicted molar refractivity (Wildman–Crippen MR) is 96.3 cm³/mol. The lowest BCUT2D eigenvalue weighted by Gasteiger charge is -2.13. The molecule has 0 atom stereocenters. The quantitative estimate of drug-likeness (QED) is 0.738. The van der Waals surface area contributed by atoms with Crippen molar-refractivity contribution >= 4 is 57.5 Å². The van der Waals surface area contributed by atoms with Crippen molar-refractivity contribution in [3.63, 3.8) is 0 Å². The molecule has 0 bridgehead atoms. The van der Waals surface area contributed by atoms with Crippen molar-refractivity contribution in [1.29, 1.82) is 0 Å². The lowest BCUT2D eigenvalue weighted by Crippen LogP contribution is -2.33. The van der Waals surface area contributed by atoms with Crippen LogP contribution < -0.4 is 4.90 Å². The van der Waals surface area contributed by atoms with Gasteiger partial charge in [-0.1, -0.05) is 17.7 Å². The lowest BCUT2D eigenvalue weighted by molar-refractivity contribution is -0.111. The molecule has 0 aliphatic carbocycles. The molecule has 116 valence electrons. The molecule has 7 heteroatoms. The topological polar surface area (TPSA) is 70.0 Å². The zero-order valence-electron chi connectivity index (χ0n) is 11.7. The maximum absolute atomic E-state index is 12.4. The Labute approximate surface area is 150 Å². The van der Waals surface area contributed by atoms with Gasteiger partial charge in [-0.15, -0.1) is 0 Å². The van der Waals surface area contributed by atoms with Crippen molar-refractivity contribution in [3.05, 3.63) is 56.6 Å². The zero-order chi connectivity index (χ0) is 16.6. The summed E-state index contributed by atoms with van der Waals surface area (Å²) in [4.78, 5) is 29.4. The normalized spacial score (nSPS) is 14.3. The van der Waals surface area contributed by atoms with E-state index in [2.05, 4.69) is 4.99 Å². The van der Waals surface area contributed by atoms with Crippen molar-refractivity contribution in [2.75, 3.05) is 4.90 Å². The molecule has 0 radical (unpaired) electrons. The van der Waals surface area contributed by atoms with Crippen LogP contribution in [0.3, 0.4) is 0 Å². The van der Waals surface area contributed by atoms with Crippen LogP contribution in [0.4, 0.5) is 10.5 Å². The largest absolute Gasteiger partial charge is 0.507 e. The van der Waals surface area contributed by atoms with Gasteiger partial charge in [0.15, 0.2) is 0 Å². The van der Waals surface area contributed by atoms with Crippen LogP contribution in [0.15, 0.2) is 47.5 Å². The first-order valence-electron chi connectivity index (χ1n) is 6.64. The third-order valence-electron chi connectivity index (χ3n) is 3.34. The molecule has 2 aromatic rings. The summed E-state index contributed by atoms with van der Waals surface area (Å²) in [6.07, 6.45) is 0.227. The van der Waals surface area contributed by atoms with Crippen molar-refractivity contribution in [1.82, 2.24) is 0 Å². The summed E-state index contributed by atoms with van der Waals surface area (Å²) in [6, 6.07) is 10.8. The second-order valence-electron chi connectivity index (χ2n) is 4.92. The Kier molecular flexibility index (Phi) is 4.36. The second kappa shape index (κ2) is 6.29. The maximum atomic E-state index is 12.4. The second-order valence-corrected chi connectivity index (χ2v) is 6.52. The lowest BCUT2D eigenvalue weighted by atomic mass is 10.1. The molecule has 0 unspecified atom stereocenters. The van der Waals surface area contributed by atoms with E-state index in [4.69, 9.17) is 11.6 Å². The molecule has 5 nitrogen and oxygen atoms in total. The number of hydrogen-bond acceptors (Lipinski definition) is 3. The summed E-state index contributed by atoms with van der Waals surface area (Å²) in [6.45, 7) is 0. The average molecular weight is 441 g/mol. The molecule has 1 N–H and O–H groups in total. The van der Waals surface area contributed by atoms with Gasteiger partial charge in [0, 0.05) is 11.4 Å². The van der Waals surface area contributed by atoms with E-state index in [0.29, 0.717) is 14.3 Å². The standard InChI is InChI=1S/C16H10ClIN2O3/c17-10-2-4-11(5-3-10)20-15(22)13(19-16(20)23)8-9-1-6-14(21)12(18)7-9/h1-7,21H,8H2. The molecule has 2 aromatic carbocycles. The summed E-state index contributed by atoms with van der Waals surface area (Å²) < 4.78 is 0.673. The van der Waals surface area contributed by atoms with Gasteiger partial charge in [-0.05, 0) is 64.6 Å². The summed E-state index contributed by atoms with van der Waals surface area (Å²) in [5.41, 5.74) is 1.40. The molecule has 1 aliphatic rings. The van der Waals surface area contributed by atoms with Crippen LogP contribution in [0.25, 0.3) is 0 Å². The summed E-state index contributed by atoms with van der Waals surface area (Å²) in [5.74, 6) is -0.270. The highest BCUT2D eigenvalue weighted by Gasteiger charge is 2.34. The molecule has 0 saturated heterocycles. The molecule has 23 heavy (non-hydrogen) atoms. The minimum absolute atomic E-state index is 0.173. The van der Waals surface area contributed by atoms with E-state index < -0.39 is 11.9 Å². The highest BCUT2D eigenvalue weighted by atomic mass is 127. The van der Waals surface area contributed by atoms with Gasteiger partial charge in [-0.2, -0.15) is 4.99 Å². The monoisotopic (exact) mass is 440 g/mol. The van der Waals surface area contributed by atoms with E-state index in [9.17, 15) is 14.7 Å². The number of phenolic OH excluding ortho intramolecular Hbond substituents is 1. The van der Waals surface area contributed by atoms with E-state index in [1.165, 1.54) is 0 Å². The zero-order valence-corrected chi connectivity index (χ0v) is 14.6. The minimum Gasteiger partial charge on any atom is -0.507 e. The van der Waals surface area contributed by atoms with E-state index >= 15 is 0 Å². The number of aliphatic imine (C=N–C) groups is 1. The first-order valence-corrected chi connectivity index (χ1v) is 8.10. The number of carbonyl (C=O) groups is 2. The van der Waals surface area contributed by atoms with Gasteiger partial charge in [0.05, 0.1) is 9.26 Å². The smallest absolute Gasteiger partial charge is 0.355 e. The Hall–Kier alpha value is -1.93. The molecule has 1 heterocycles. The third kappa shape index (κ3) is 3.23. The molecule has 1 aliphatic heterocycles. The highest BCUT2D eigenvalue weighted by Crippen LogP contribution is 2.24. The Morgan fingerprint density at radius 2 is 1.83 bits per heavy atom. The van der Waals surface area contributed by atoms with Gasteiger partial charge in [0.2, 0.25) is 0 Å². The number of halogens is 2. The SMILES string of the molecule is O=C1N=C(Cc2ccc(O)c(I)c2)C(=O)N1c1ccc(Cl)cc1. The number of phenols is 1. The molecular formula is C16H10ClIN2O3. The van der Waals surface area contributed by atoms with Crippen LogP contribution in [0.5, 0.6) is 5.75 Å². The Morgan fingerprint density at radius 1 is 1.13 bits per heavy atom. The number of benzene rings is 2. The number of hydrogen-bond donors (Lipinski definition) is 1. The first-order chi connectivity index (χ1) is 11.0.